The van der Waals surface area contributed by atoms with Crippen LogP contribution in [0.4, 0.5) is 0 Å². The molecule has 0 bridgehead atoms. The number of hydrogen-bond acceptors (Lipinski definition) is 2. The Bertz CT molecular complexity index is 317. The van der Waals surface area contributed by atoms with Gasteiger partial charge in [-0.25, -0.2) is 0 Å². The average molecular weight is 244 g/mol. The molecule has 0 atom stereocenters. The van der Waals surface area contributed by atoms with Crippen molar-refractivity contribution in [3.05, 3.63) is 22.4 Å². The summed E-state index contributed by atoms with van der Waals surface area (Å²) in [5.41, 5.74) is 0.823. The largest absolute Gasteiger partial charge is 0.339 e. The Hall–Kier alpha value is -0.540. The maximum atomic E-state index is 12.0. The van der Waals surface area contributed by atoms with Crippen LogP contribution in [0.2, 0.25) is 0 Å². The van der Waals surface area contributed by atoms with Gasteiger partial charge in [0.1, 0.15) is 0 Å². The SMILES string of the molecule is O=C(c1ccsc1)N1CCC(CCl)CC1. The van der Waals surface area contributed by atoms with Gasteiger partial charge in [0, 0.05) is 24.3 Å². The first-order valence-electron chi connectivity index (χ1n) is 5.18. The van der Waals surface area contributed by atoms with E-state index in [0.717, 1.165) is 37.4 Å². The quantitative estimate of drug-likeness (QED) is 0.732. The molecule has 1 aliphatic rings. The summed E-state index contributed by atoms with van der Waals surface area (Å²) >= 11 is 7.37. The third-order valence-electron chi connectivity index (χ3n) is 2.89. The van der Waals surface area contributed by atoms with Gasteiger partial charge >= 0.3 is 0 Å². The lowest BCUT2D eigenvalue weighted by atomic mass is 9.98. The number of hydrogen-bond donors (Lipinski definition) is 0. The molecule has 2 rings (SSSR count). The van der Waals surface area contributed by atoms with Crippen molar-refractivity contribution in [2.75, 3.05) is 19.0 Å². The number of amides is 1. The van der Waals surface area contributed by atoms with E-state index in [9.17, 15) is 4.79 Å². The van der Waals surface area contributed by atoms with Crippen molar-refractivity contribution in [2.24, 2.45) is 5.92 Å². The predicted octanol–water partition coefficient (Wildman–Crippen LogP) is 2.84. The molecular formula is C11H14ClNOS. The lowest BCUT2D eigenvalue weighted by molar-refractivity contribution is 0.0699. The van der Waals surface area contributed by atoms with Crippen LogP contribution in [0.25, 0.3) is 0 Å². The minimum atomic E-state index is 0.171. The summed E-state index contributed by atoms with van der Waals surface area (Å²) in [6, 6.07) is 1.89. The molecule has 4 heteroatoms. The Balaban J connectivity index is 1.93. The van der Waals surface area contributed by atoms with Gasteiger partial charge in [0.05, 0.1) is 5.56 Å². The first-order chi connectivity index (χ1) is 7.31. The standard InChI is InChI=1S/C11H14ClNOS/c12-7-9-1-4-13(5-2-9)11(14)10-3-6-15-8-10/h3,6,8-9H,1-2,4-5,7H2. The molecule has 0 aliphatic carbocycles. The molecule has 0 saturated carbocycles. The Morgan fingerprint density at radius 1 is 1.53 bits per heavy atom. The molecule has 82 valence electrons. The fraction of sp³-hybridized carbons (Fsp3) is 0.545. The zero-order valence-corrected chi connectivity index (χ0v) is 10.1. The second-order valence-electron chi connectivity index (χ2n) is 3.90. The van der Waals surface area contributed by atoms with Crippen LogP contribution in [0, 0.1) is 5.92 Å². The van der Waals surface area contributed by atoms with E-state index in [0.29, 0.717) is 5.92 Å². The number of carbonyl (C=O) groups is 1. The van der Waals surface area contributed by atoms with Gasteiger partial charge in [0.2, 0.25) is 0 Å². The molecule has 1 amide bonds. The van der Waals surface area contributed by atoms with Gasteiger partial charge in [-0.3, -0.25) is 4.79 Å². The van der Waals surface area contributed by atoms with Gasteiger partial charge < -0.3 is 4.90 Å². The van der Waals surface area contributed by atoms with E-state index >= 15 is 0 Å². The molecule has 1 aromatic rings. The molecule has 2 heterocycles. The molecule has 0 N–H and O–H groups in total. The summed E-state index contributed by atoms with van der Waals surface area (Å²) in [7, 11) is 0. The van der Waals surface area contributed by atoms with Gasteiger partial charge in [-0.1, -0.05) is 0 Å². The number of alkyl halides is 1. The molecule has 1 aromatic heterocycles. The molecule has 1 aliphatic heterocycles. The number of piperidine rings is 1. The Morgan fingerprint density at radius 3 is 2.80 bits per heavy atom. The van der Waals surface area contributed by atoms with Crippen molar-refractivity contribution in [1.82, 2.24) is 4.90 Å². The number of rotatable bonds is 2. The molecule has 0 unspecified atom stereocenters. The highest BCUT2D eigenvalue weighted by atomic mass is 35.5. The number of carbonyl (C=O) groups excluding carboxylic acids is 1. The first-order valence-corrected chi connectivity index (χ1v) is 6.66. The average Bonchev–Trinajstić information content (AvgIpc) is 2.82. The lowest BCUT2D eigenvalue weighted by Crippen LogP contribution is -2.38. The van der Waals surface area contributed by atoms with Crippen molar-refractivity contribution in [2.45, 2.75) is 12.8 Å². The first kappa shape index (κ1) is 11.0. The second kappa shape index (κ2) is 4.99. The van der Waals surface area contributed by atoms with Gasteiger partial charge in [0.15, 0.2) is 0 Å². The minimum absolute atomic E-state index is 0.171. The molecule has 2 nitrogen and oxygen atoms in total. The van der Waals surface area contributed by atoms with Crippen molar-refractivity contribution in [1.29, 1.82) is 0 Å². The molecule has 15 heavy (non-hydrogen) atoms. The minimum Gasteiger partial charge on any atom is -0.339 e. The smallest absolute Gasteiger partial charge is 0.254 e. The summed E-state index contributed by atoms with van der Waals surface area (Å²) in [4.78, 5) is 13.9. The van der Waals surface area contributed by atoms with Crippen molar-refractivity contribution in [3.63, 3.8) is 0 Å². The number of likely N-dealkylation sites (tertiary alicyclic amines) is 1. The normalized spacial score (nSPS) is 18.1. The van der Waals surface area contributed by atoms with Crippen LogP contribution in [-0.2, 0) is 0 Å². The summed E-state index contributed by atoms with van der Waals surface area (Å²) in [5.74, 6) is 1.49. The van der Waals surface area contributed by atoms with E-state index in [4.69, 9.17) is 11.6 Å². The third-order valence-corrected chi connectivity index (χ3v) is 4.01. The van der Waals surface area contributed by atoms with Crippen LogP contribution < -0.4 is 0 Å². The molecule has 0 radical (unpaired) electrons. The molecular weight excluding hydrogens is 230 g/mol. The highest BCUT2D eigenvalue weighted by molar-refractivity contribution is 7.08. The zero-order chi connectivity index (χ0) is 10.7. The van der Waals surface area contributed by atoms with E-state index in [1.807, 2.05) is 21.7 Å². The fourth-order valence-corrected chi connectivity index (χ4v) is 2.80. The van der Waals surface area contributed by atoms with Crippen molar-refractivity contribution >= 4 is 28.8 Å². The number of thiophene rings is 1. The van der Waals surface area contributed by atoms with E-state index in [1.165, 1.54) is 0 Å². The second-order valence-corrected chi connectivity index (χ2v) is 4.99. The van der Waals surface area contributed by atoms with Gasteiger partial charge in [-0.15, -0.1) is 11.6 Å². The van der Waals surface area contributed by atoms with Gasteiger partial charge in [0.25, 0.3) is 5.91 Å². The van der Waals surface area contributed by atoms with E-state index in [-0.39, 0.29) is 5.91 Å². The van der Waals surface area contributed by atoms with E-state index < -0.39 is 0 Å². The summed E-state index contributed by atoms with van der Waals surface area (Å²) in [6.07, 6.45) is 2.08. The van der Waals surface area contributed by atoms with Crippen LogP contribution in [0.3, 0.4) is 0 Å². The van der Waals surface area contributed by atoms with Crippen LogP contribution in [0.15, 0.2) is 16.8 Å². The fourth-order valence-electron chi connectivity index (χ4n) is 1.86. The number of nitrogens with zero attached hydrogens (tertiary/aromatic N) is 1. The summed E-state index contributed by atoms with van der Waals surface area (Å²) < 4.78 is 0. The van der Waals surface area contributed by atoms with Crippen LogP contribution >= 0.6 is 22.9 Å². The Labute approximate surface area is 98.8 Å². The topological polar surface area (TPSA) is 20.3 Å². The van der Waals surface area contributed by atoms with Crippen LogP contribution in [0.1, 0.15) is 23.2 Å². The molecule has 1 fully saturated rings. The third kappa shape index (κ3) is 2.52. The lowest BCUT2D eigenvalue weighted by Gasteiger charge is -2.30. The Kier molecular flexibility index (Phi) is 3.65. The summed E-state index contributed by atoms with van der Waals surface area (Å²) in [6.45, 7) is 1.71. The van der Waals surface area contributed by atoms with E-state index in [2.05, 4.69) is 0 Å². The monoisotopic (exact) mass is 243 g/mol. The predicted molar refractivity (Wildman–Crippen MR) is 63.7 cm³/mol. The maximum Gasteiger partial charge on any atom is 0.254 e. The van der Waals surface area contributed by atoms with Crippen molar-refractivity contribution < 1.29 is 4.79 Å². The zero-order valence-electron chi connectivity index (χ0n) is 8.49. The highest BCUT2D eigenvalue weighted by Gasteiger charge is 2.22. The highest BCUT2D eigenvalue weighted by Crippen LogP contribution is 2.20. The van der Waals surface area contributed by atoms with E-state index in [1.54, 1.807) is 11.3 Å². The molecule has 1 saturated heterocycles. The maximum absolute atomic E-state index is 12.0. The summed E-state index contributed by atoms with van der Waals surface area (Å²) in [5, 5.41) is 3.86. The van der Waals surface area contributed by atoms with Gasteiger partial charge in [-0.2, -0.15) is 11.3 Å². The van der Waals surface area contributed by atoms with Gasteiger partial charge in [-0.05, 0) is 30.2 Å². The molecule has 0 spiro atoms. The van der Waals surface area contributed by atoms with Crippen LogP contribution in [-0.4, -0.2) is 29.8 Å². The van der Waals surface area contributed by atoms with Crippen LogP contribution in [0.5, 0.6) is 0 Å². The Morgan fingerprint density at radius 2 is 2.27 bits per heavy atom. The van der Waals surface area contributed by atoms with Crippen molar-refractivity contribution in [3.8, 4) is 0 Å². The molecule has 0 aromatic carbocycles. The number of halogens is 1.